The zero-order valence-corrected chi connectivity index (χ0v) is 11.2. The predicted octanol–water partition coefficient (Wildman–Crippen LogP) is 4.02. The topological polar surface area (TPSA) is 75.3 Å². The second kappa shape index (κ2) is 5.38. The van der Waals surface area contributed by atoms with Gasteiger partial charge in [-0.2, -0.15) is 0 Å². The smallest absolute Gasteiger partial charge is 0.337 e. The maximum absolute atomic E-state index is 11.2. The van der Waals surface area contributed by atoms with E-state index in [1.54, 1.807) is 24.3 Å². The first-order chi connectivity index (χ1) is 8.99. The van der Waals surface area contributed by atoms with Gasteiger partial charge in [0, 0.05) is 5.69 Å². The zero-order chi connectivity index (χ0) is 14.0. The van der Waals surface area contributed by atoms with Crippen molar-refractivity contribution in [3.63, 3.8) is 0 Å². The average Bonchev–Trinajstić information content (AvgIpc) is 2.34. The lowest BCUT2D eigenvalue weighted by Gasteiger charge is -2.13. The Labute approximate surface area is 119 Å². The maximum Gasteiger partial charge on any atom is 0.337 e. The van der Waals surface area contributed by atoms with Crippen molar-refractivity contribution in [1.29, 1.82) is 0 Å². The van der Waals surface area contributed by atoms with E-state index in [0.717, 1.165) is 0 Å². The van der Waals surface area contributed by atoms with Crippen molar-refractivity contribution in [2.24, 2.45) is 0 Å². The van der Waals surface area contributed by atoms with E-state index in [4.69, 9.17) is 28.9 Å². The Kier molecular flexibility index (Phi) is 3.83. The molecule has 0 amide bonds. The van der Waals surface area contributed by atoms with Crippen LogP contribution in [0.25, 0.3) is 0 Å². The molecule has 0 aliphatic heterocycles. The van der Waals surface area contributed by atoms with Crippen molar-refractivity contribution in [3.05, 3.63) is 52.0 Å². The fraction of sp³-hybridized carbons (Fsp3) is 0. The maximum atomic E-state index is 11.2. The van der Waals surface area contributed by atoms with Crippen LogP contribution < -0.4 is 11.1 Å². The van der Waals surface area contributed by atoms with Gasteiger partial charge in [0.2, 0.25) is 0 Å². The predicted molar refractivity (Wildman–Crippen MR) is 77.6 cm³/mol. The zero-order valence-electron chi connectivity index (χ0n) is 9.65. The SMILES string of the molecule is Nc1cc(Cl)c(Nc2ccccc2Cl)c(C(=O)O)c1. The molecule has 0 radical (unpaired) electrons. The molecule has 0 spiro atoms. The molecular formula is C13H10Cl2N2O2. The van der Waals surface area contributed by atoms with E-state index >= 15 is 0 Å². The van der Waals surface area contributed by atoms with Crippen LogP contribution in [0.3, 0.4) is 0 Å². The Balaban J connectivity index is 2.51. The van der Waals surface area contributed by atoms with Crippen molar-refractivity contribution < 1.29 is 9.90 Å². The van der Waals surface area contributed by atoms with Crippen LogP contribution in [0.1, 0.15) is 10.4 Å². The second-order valence-corrected chi connectivity index (χ2v) is 4.65. The van der Waals surface area contributed by atoms with Crippen LogP contribution in [0.15, 0.2) is 36.4 Å². The summed E-state index contributed by atoms with van der Waals surface area (Å²) < 4.78 is 0. The van der Waals surface area contributed by atoms with Crippen LogP contribution in [-0.4, -0.2) is 11.1 Å². The second-order valence-electron chi connectivity index (χ2n) is 3.84. The van der Waals surface area contributed by atoms with Gasteiger partial charge >= 0.3 is 5.97 Å². The highest BCUT2D eigenvalue weighted by atomic mass is 35.5. The van der Waals surface area contributed by atoms with E-state index in [9.17, 15) is 9.90 Å². The largest absolute Gasteiger partial charge is 0.478 e. The molecule has 0 bridgehead atoms. The number of para-hydroxylation sites is 1. The number of halogens is 2. The number of hydrogen-bond acceptors (Lipinski definition) is 3. The lowest BCUT2D eigenvalue weighted by molar-refractivity contribution is 0.0698. The highest BCUT2D eigenvalue weighted by Gasteiger charge is 2.15. The molecule has 2 rings (SSSR count). The number of carbonyl (C=O) groups is 1. The lowest BCUT2D eigenvalue weighted by Crippen LogP contribution is -2.05. The number of nitrogen functional groups attached to an aromatic ring is 1. The third kappa shape index (κ3) is 2.92. The molecule has 0 unspecified atom stereocenters. The molecule has 0 aromatic heterocycles. The third-order valence-corrected chi connectivity index (χ3v) is 3.10. The normalized spacial score (nSPS) is 10.2. The van der Waals surface area contributed by atoms with Crippen LogP contribution in [0.2, 0.25) is 10.0 Å². The number of nitrogens with two attached hydrogens (primary N) is 1. The van der Waals surface area contributed by atoms with Crippen molar-refractivity contribution in [1.82, 2.24) is 0 Å². The van der Waals surface area contributed by atoms with Gasteiger partial charge in [-0.25, -0.2) is 4.79 Å². The first-order valence-electron chi connectivity index (χ1n) is 5.33. The van der Waals surface area contributed by atoms with Crippen LogP contribution in [0.4, 0.5) is 17.1 Å². The van der Waals surface area contributed by atoms with Crippen molar-refractivity contribution in [2.45, 2.75) is 0 Å². The summed E-state index contributed by atoms with van der Waals surface area (Å²) in [6.45, 7) is 0. The van der Waals surface area contributed by atoms with E-state index in [1.165, 1.54) is 12.1 Å². The van der Waals surface area contributed by atoms with Gasteiger partial charge in [0.25, 0.3) is 0 Å². The van der Waals surface area contributed by atoms with E-state index < -0.39 is 5.97 Å². The molecule has 2 aromatic carbocycles. The molecule has 0 atom stereocenters. The Morgan fingerprint density at radius 1 is 1.16 bits per heavy atom. The molecular weight excluding hydrogens is 287 g/mol. The molecule has 0 saturated carbocycles. The van der Waals surface area contributed by atoms with Gasteiger partial charge in [-0.3, -0.25) is 0 Å². The Hall–Kier alpha value is -1.91. The van der Waals surface area contributed by atoms with Gasteiger partial charge in [-0.05, 0) is 24.3 Å². The fourth-order valence-corrected chi connectivity index (χ4v) is 2.08. The quantitative estimate of drug-likeness (QED) is 0.748. The Bertz CT molecular complexity index is 645. The highest BCUT2D eigenvalue weighted by molar-refractivity contribution is 6.35. The number of hydrogen-bond donors (Lipinski definition) is 3. The molecule has 98 valence electrons. The average molecular weight is 297 g/mol. The van der Waals surface area contributed by atoms with Gasteiger partial charge in [0.1, 0.15) is 0 Å². The van der Waals surface area contributed by atoms with Crippen LogP contribution in [0, 0.1) is 0 Å². The first kappa shape index (κ1) is 13.5. The third-order valence-electron chi connectivity index (χ3n) is 2.48. The summed E-state index contributed by atoms with van der Waals surface area (Å²) in [6.07, 6.45) is 0. The van der Waals surface area contributed by atoms with Crippen molar-refractivity contribution in [2.75, 3.05) is 11.1 Å². The summed E-state index contributed by atoms with van der Waals surface area (Å²) >= 11 is 12.0. The summed E-state index contributed by atoms with van der Waals surface area (Å²) in [4.78, 5) is 11.2. The summed E-state index contributed by atoms with van der Waals surface area (Å²) in [6, 6.07) is 9.78. The minimum absolute atomic E-state index is 0.00933. The number of nitrogens with one attached hydrogen (secondary N) is 1. The molecule has 0 saturated heterocycles. The molecule has 0 fully saturated rings. The van der Waals surface area contributed by atoms with E-state index in [1.807, 2.05) is 0 Å². The first-order valence-corrected chi connectivity index (χ1v) is 6.08. The molecule has 4 N–H and O–H groups in total. The van der Waals surface area contributed by atoms with Gasteiger partial charge in [0.05, 0.1) is 27.0 Å². The number of rotatable bonds is 3. The molecule has 6 heteroatoms. The number of carboxylic acids is 1. The fourth-order valence-electron chi connectivity index (χ4n) is 1.62. The van der Waals surface area contributed by atoms with Crippen LogP contribution >= 0.6 is 23.2 Å². The van der Waals surface area contributed by atoms with Gasteiger partial charge in [-0.1, -0.05) is 35.3 Å². The highest BCUT2D eigenvalue weighted by Crippen LogP contribution is 2.34. The Morgan fingerprint density at radius 3 is 2.47 bits per heavy atom. The summed E-state index contributed by atoms with van der Waals surface area (Å²) in [5.74, 6) is -1.12. The standard InChI is InChI=1S/C13H10Cl2N2O2/c14-9-3-1-2-4-11(9)17-12-8(13(18)19)5-7(16)6-10(12)15/h1-6,17H,16H2,(H,18,19). The van der Waals surface area contributed by atoms with Crippen LogP contribution in [0.5, 0.6) is 0 Å². The van der Waals surface area contributed by atoms with E-state index in [-0.39, 0.29) is 22.0 Å². The van der Waals surface area contributed by atoms with Gasteiger partial charge in [0.15, 0.2) is 0 Å². The molecule has 0 aliphatic rings. The summed E-state index contributed by atoms with van der Waals surface area (Å²) in [7, 11) is 0. The molecule has 19 heavy (non-hydrogen) atoms. The van der Waals surface area contributed by atoms with E-state index in [2.05, 4.69) is 5.32 Å². The number of aromatic carboxylic acids is 1. The minimum atomic E-state index is -1.12. The molecule has 0 heterocycles. The summed E-state index contributed by atoms with van der Waals surface area (Å²) in [5.41, 5.74) is 6.69. The summed E-state index contributed by atoms with van der Waals surface area (Å²) in [5, 5.41) is 12.8. The van der Waals surface area contributed by atoms with Crippen molar-refractivity contribution in [3.8, 4) is 0 Å². The number of anilines is 3. The molecule has 0 aliphatic carbocycles. The molecule has 4 nitrogen and oxygen atoms in total. The monoisotopic (exact) mass is 296 g/mol. The van der Waals surface area contributed by atoms with Gasteiger partial charge < -0.3 is 16.2 Å². The lowest BCUT2D eigenvalue weighted by atomic mass is 10.1. The van der Waals surface area contributed by atoms with Crippen molar-refractivity contribution >= 4 is 46.2 Å². The number of benzene rings is 2. The Morgan fingerprint density at radius 2 is 1.84 bits per heavy atom. The van der Waals surface area contributed by atoms with Crippen LogP contribution in [-0.2, 0) is 0 Å². The number of carboxylic acid groups (broad SMARTS) is 1. The van der Waals surface area contributed by atoms with Gasteiger partial charge in [-0.15, -0.1) is 0 Å². The minimum Gasteiger partial charge on any atom is -0.478 e. The van der Waals surface area contributed by atoms with E-state index in [0.29, 0.717) is 10.7 Å². The molecule has 2 aromatic rings.